The Kier molecular flexibility index (Phi) is 4.95. The van der Waals surface area contributed by atoms with E-state index >= 15 is 0 Å². The first-order chi connectivity index (χ1) is 12.0. The number of nitro benzene ring substituents is 1. The zero-order valence-corrected chi connectivity index (χ0v) is 14.2. The molecule has 0 aromatic heterocycles. The van der Waals surface area contributed by atoms with E-state index in [1.54, 1.807) is 18.2 Å². The van der Waals surface area contributed by atoms with E-state index < -0.39 is 4.92 Å². The van der Waals surface area contributed by atoms with Crippen molar-refractivity contribution in [3.05, 3.63) is 74.7 Å². The van der Waals surface area contributed by atoms with E-state index in [9.17, 15) is 14.9 Å². The number of nitro groups is 1. The van der Waals surface area contributed by atoms with Crippen LogP contribution in [0.15, 0.2) is 58.4 Å². The number of amidine groups is 1. The molecule has 1 saturated heterocycles. The molecule has 1 fully saturated rings. The highest BCUT2D eigenvalue weighted by atomic mass is 32.2. The molecule has 0 aliphatic carbocycles. The van der Waals surface area contributed by atoms with Crippen molar-refractivity contribution < 1.29 is 9.72 Å². The van der Waals surface area contributed by atoms with Gasteiger partial charge in [-0.05, 0) is 47.5 Å². The standard InChI is InChI=1S/C18H15N3O3S/c1-2-12-6-8-14(9-7-12)19-18-20-17(22)16(25-18)11-13-4-3-5-15(10-13)21(23)24/h3-11H,2H2,1H3,(H,19,20,22). The maximum absolute atomic E-state index is 12.1. The molecule has 0 bridgehead atoms. The summed E-state index contributed by atoms with van der Waals surface area (Å²) in [4.78, 5) is 27.3. The van der Waals surface area contributed by atoms with Crippen LogP contribution in [0.25, 0.3) is 6.08 Å². The molecule has 1 aliphatic rings. The fraction of sp³-hybridized carbons (Fsp3) is 0.111. The van der Waals surface area contributed by atoms with Gasteiger partial charge in [0, 0.05) is 12.1 Å². The molecule has 1 N–H and O–H groups in total. The van der Waals surface area contributed by atoms with Crippen LogP contribution >= 0.6 is 11.8 Å². The maximum Gasteiger partial charge on any atom is 0.270 e. The van der Waals surface area contributed by atoms with Crippen LogP contribution in [0.5, 0.6) is 0 Å². The van der Waals surface area contributed by atoms with Crippen LogP contribution in [-0.4, -0.2) is 16.0 Å². The Labute approximate surface area is 148 Å². The first-order valence-corrected chi connectivity index (χ1v) is 8.50. The van der Waals surface area contributed by atoms with Crippen molar-refractivity contribution in [1.82, 2.24) is 5.32 Å². The topological polar surface area (TPSA) is 84.6 Å². The highest BCUT2D eigenvalue weighted by Crippen LogP contribution is 2.28. The summed E-state index contributed by atoms with van der Waals surface area (Å²) in [5.74, 6) is -0.263. The zero-order chi connectivity index (χ0) is 17.8. The Morgan fingerprint density at radius 1 is 1.24 bits per heavy atom. The number of hydrogen-bond acceptors (Lipinski definition) is 5. The Bertz CT molecular complexity index is 889. The number of rotatable bonds is 4. The smallest absolute Gasteiger partial charge is 0.270 e. The van der Waals surface area contributed by atoms with E-state index in [-0.39, 0.29) is 11.6 Å². The predicted octanol–water partition coefficient (Wildman–Crippen LogP) is 4.05. The van der Waals surface area contributed by atoms with Crippen LogP contribution in [0.4, 0.5) is 11.4 Å². The molecule has 6 nitrogen and oxygen atoms in total. The van der Waals surface area contributed by atoms with Crippen LogP contribution in [0, 0.1) is 10.1 Å². The fourth-order valence-corrected chi connectivity index (χ4v) is 3.13. The fourth-order valence-electron chi connectivity index (χ4n) is 2.28. The second kappa shape index (κ2) is 7.31. The number of amides is 1. The lowest BCUT2D eigenvalue weighted by atomic mass is 10.2. The second-order valence-electron chi connectivity index (χ2n) is 5.35. The van der Waals surface area contributed by atoms with Gasteiger partial charge in [-0.2, -0.15) is 0 Å². The van der Waals surface area contributed by atoms with E-state index in [1.807, 2.05) is 24.3 Å². The monoisotopic (exact) mass is 353 g/mol. The lowest BCUT2D eigenvalue weighted by Gasteiger charge is -1.98. The molecule has 0 spiro atoms. The Morgan fingerprint density at radius 3 is 2.68 bits per heavy atom. The van der Waals surface area contributed by atoms with Gasteiger partial charge >= 0.3 is 0 Å². The molecule has 0 radical (unpaired) electrons. The summed E-state index contributed by atoms with van der Waals surface area (Å²) in [5.41, 5.74) is 2.57. The van der Waals surface area contributed by atoms with Gasteiger partial charge < -0.3 is 5.32 Å². The summed E-state index contributed by atoms with van der Waals surface area (Å²) in [6, 6.07) is 14.0. The van der Waals surface area contributed by atoms with Crippen LogP contribution in [-0.2, 0) is 11.2 Å². The van der Waals surface area contributed by atoms with Gasteiger partial charge in [-0.15, -0.1) is 0 Å². The van der Waals surface area contributed by atoms with Crippen LogP contribution in [0.1, 0.15) is 18.1 Å². The number of benzene rings is 2. The zero-order valence-electron chi connectivity index (χ0n) is 13.4. The molecular weight excluding hydrogens is 338 g/mol. The first-order valence-electron chi connectivity index (χ1n) is 7.68. The van der Waals surface area contributed by atoms with Gasteiger partial charge in [0.05, 0.1) is 15.5 Å². The number of aryl methyl sites for hydroxylation is 1. The number of carbonyl (C=O) groups excluding carboxylic acids is 1. The van der Waals surface area contributed by atoms with Crippen molar-refractivity contribution in [3.8, 4) is 0 Å². The number of nitrogens with one attached hydrogen (secondary N) is 1. The molecule has 3 rings (SSSR count). The van der Waals surface area contributed by atoms with E-state index in [4.69, 9.17) is 0 Å². The highest BCUT2D eigenvalue weighted by molar-refractivity contribution is 8.18. The highest BCUT2D eigenvalue weighted by Gasteiger charge is 2.24. The SMILES string of the molecule is CCc1ccc(N=C2NC(=O)C(=Cc3cccc([N+](=O)[O-])c3)S2)cc1. The molecule has 2 aromatic rings. The van der Waals surface area contributed by atoms with E-state index in [2.05, 4.69) is 17.2 Å². The van der Waals surface area contributed by atoms with Crippen molar-refractivity contribution >= 4 is 40.3 Å². The minimum absolute atomic E-state index is 0.0114. The number of aliphatic imine (C=N–C) groups is 1. The van der Waals surface area contributed by atoms with Gasteiger partial charge in [0.1, 0.15) is 0 Å². The normalized spacial score (nSPS) is 17.1. The molecule has 0 unspecified atom stereocenters. The summed E-state index contributed by atoms with van der Waals surface area (Å²) in [7, 11) is 0. The van der Waals surface area contributed by atoms with Gasteiger partial charge in [-0.1, -0.05) is 31.2 Å². The van der Waals surface area contributed by atoms with Crippen molar-refractivity contribution in [2.75, 3.05) is 0 Å². The van der Waals surface area contributed by atoms with Crippen LogP contribution in [0.3, 0.4) is 0 Å². The lowest BCUT2D eigenvalue weighted by Crippen LogP contribution is -2.19. The number of non-ortho nitro benzene ring substituents is 1. The molecule has 0 saturated carbocycles. The van der Waals surface area contributed by atoms with E-state index in [0.717, 1.165) is 12.1 Å². The molecule has 1 amide bonds. The number of carbonyl (C=O) groups is 1. The molecule has 126 valence electrons. The molecule has 1 aliphatic heterocycles. The third kappa shape index (κ3) is 4.13. The number of thioether (sulfide) groups is 1. The lowest BCUT2D eigenvalue weighted by molar-refractivity contribution is -0.384. The average Bonchev–Trinajstić information content (AvgIpc) is 2.95. The van der Waals surface area contributed by atoms with Crippen molar-refractivity contribution in [2.24, 2.45) is 4.99 Å². The third-order valence-corrected chi connectivity index (χ3v) is 4.51. The van der Waals surface area contributed by atoms with E-state index in [1.165, 1.54) is 29.5 Å². The summed E-state index contributed by atoms with van der Waals surface area (Å²) in [6.07, 6.45) is 2.58. The number of nitrogens with zero attached hydrogens (tertiary/aromatic N) is 2. The summed E-state index contributed by atoms with van der Waals surface area (Å²) in [5, 5.41) is 14.0. The van der Waals surface area contributed by atoms with E-state index in [0.29, 0.717) is 15.6 Å². The van der Waals surface area contributed by atoms with Gasteiger partial charge in [0.15, 0.2) is 5.17 Å². The molecule has 7 heteroatoms. The van der Waals surface area contributed by atoms with Crippen molar-refractivity contribution in [3.63, 3.8) is 0 Å². The summed E-state index contributed by atoms with van der Waals surface area (Å²) >= 11 is 1.21. The Balaban J connectivity index is 1.80. The van der Waals surface area contributed by atoms with Gasteiger partial charge in [0.25, 0.3) is 11.6 Å². The van der Waals surface area contributed by atoms with Gasteiger partial charge in [0.2, 0.25) is 0 Å². The van der Waals surface area contributed by atoms with Crippen molar-refractivity contribution in [2.45, 2.75) is 13.3 Å². The average molecular weight is 353 g/mol. The van der Waals surface area contributed by atoms with Crippen molar-refractivity contribution in [1.29, 1.82) is 0 Å². The Morgan fingerprint density at radius 2 is 2.00 bits per heavy atom. The minimum atomic E-state index is -0.462. The minimum Gasteiger partial charge on any atom is -0.300 e. The quantitative estimate of drug-likeness (QED) is 0.510. The number of hydrogen-bond donors (Lipinski definition) is 1. The Hall–Kier alpha value is -2.93. The molecular formula is C18H15N3O3S. The third-order valence-electron chi connectivity index (χ3n) is 3.60. The predicted molar refractivity (Wildman–Crippen MR) is 99.7 cm³/mol. The van der Waals surface area contributed by atoms with Crippen LogP contribution in [0.2, 0.25) is 0 Å². The molecule has 1 heterocycles. The largest absolute Gasteiger partial charge is 0.300 e. The molecule has 2 aromatic carbocycles. The second-order valence-corrected chi connectivity index (χ2v) is 6.38. The molecule has 0 atom stereocenters. The summed E-state index contributed by atoms with van der Waals surface area (Å²) < 4.78 is 0. The van der Waals surface area contributed by atoms with Gasteiger partial charge in [-0.3, -0.25) is 14.9 Å². The molecule has 25 heavy (non-hydrogen) atoms. The first kappa shape index (κ1) is 16.9. The maximum atomic E-state index is 12.1. The van der Waals surface area contributed by atoms with Gasteiger partial charge in [-0.25, -0.2) is 4.99 Å². The van der Waals surface area contributed by atoms with Crippen LogP contribution < -0.4 is 5.32 Å². The summed E-state index contributed by atoms with van der Waals surface area (Å²) in [6.45, 7) is 2.08.